The van der Waals surface area contributed by atoms with Crippen LogP contribution in [-0.2, 0) is 12.8 Å². The van der Waals surface area contributed by atoms with Crippen molar-refractivity contribution in [1.29, 1.82) is 0 Å². The number of aryl methyl sites for hydroxylation is 1. The third kappa shape index (κ3) is 2.24. The number of fused-ring (bicyclic) bond motifs is 3. The van der Waals surface area contributed by atoms with Crippen molar-refractivity contribution < 1.29 is 0 Å². The highest BCUT2D eigenvalue weighted by Crippen LogP contribution is 2.35. The summed E-state index contributed by atoms with van der Waals surface area (Å²) in [5.41, 5.74) is 7.35. The number of H-pyrrole nitrogens is 1. The van der Waals surface area contributed by atoms with Crippen LogP contribution in [0.3, 0.4) is 0 Å². The highest BCUT2D eigenvalue weighted by Gasteiger charge is 2.19. The number of rotatable bonds is 1. The molecule has 3 aromatic rings. The number of aromatic nitrogens is 2. The minimum absolute atomic E-state index is 0.562. The number of aromatic amines is 1. The van der Waals surface area contributed by atoms with E-state index in [4.69, 9.17) is 12.2 Å². The van der Waals surface area contributed by atoms with E-state index in [1.165, 1.54) is 22.3 Å². The van der Waals surface area contributed by atoms with E-state index >= 15 is 0 Å². The molecule has 1 aliphatic carbocycles. The van der Waals surface area contributed by atoms with Crippen LogP contribution >= 0.6 is 23.6 Å². The van der Waals surface area contributed by atoms with Gasteiger partial charge in [-0.3, -0.25) is 0 Å². The van der Waals surface area contributed by atoms with Crippen LogP contribution in [0.25, 0.3) is 22.5 Å². The number of hydrogen-bond acceptors (Lipinski definition) is 3. The second kappa shape index (κ2) is 5.20. The van der Waals surface area contributed by atoms with Crippen molar-refractivity contribution in [2.24, 2.45) is 0 Å². The van der Waals surface area contributed by atoms with Gasteiger partial charge in [0.1, 0.15) is 0 Å². The molecule has 0 spiro atoms. The van der Waals surface area contributed by atoms with Crippen LogP contribution < -0.4 is 0 Å². The Morgan fingerprint density at radius 2 is 2.05 bits per heavy atom. The fraction of sp³-hybridized carbons (Fsp3) is 0.176. The standard InChI is InChI=1S/C17H14N2S2/c20-17-18-15(12-8-9-21-10-12)14-7-3-5-11-4-1-2-6-13(11)16(14)19-17/h1-2,4,6,8-10H,3,5,7H2,(H,18,19,20). The maximum atomic E-state index is 5.37. The minimum atomic E-state index is 0.562. The molecule has 2 nitrogen and oxygen atoms in total. The monoisotopic (exact) mass is 310 g/mol. The van der Waals surface area contributed by atoms with Crippen LogP contribution in [0, 0.1) is 4.77 Å². The summed E-state index contributed by atoms with van der Waals surface area (Å²) in [4.78, 5) is 7.94. The zero-order chi connectivity index (χ0) is 14.2. The molecule has 0 saturated carbocycles. The number of nitrogens with one attached hydrogen (secondary N) is 1. The van der Waals surface area contributed by atoms with Crippen LogP contribution in [0.2, 0.25) is 0 Å². The first-order valence-corrected chi connectivity index (χ1v) is 8.42. The van der Waals surface area contributed by atoms with E-state index in [1.807, 2.05) is 0 Å². The summed E-state index contributed by atoms with van der Waals surface area (Å²) in [7, 11) is 0. The van der Waals surface area contributed by atoms with Gasteiger partial charge in [-0.05, 0) is 48.5 Å². The molecular formula is C17H14N2S2. The summed E-state index contributed by atoms with van der Waals surface area (Å²) in [6.07, 6.45) is 3.29. The summed E-state index contributed by atoms with van der Waals surface area (Å²) in [5, 5.41) is 4.24. The van der Waals surface area contributed by atoms with E-state index in [2.05, 4.69) is 51.1 Å². The largest absolute Gasteiger partial charge is 0.330 e. The molecule has 0 aliphatic heterocycles. The lowest BCUT2D eigenvalue weighted by atomic mass is 9.99. The third-order valence-electron chi connectivity index (χ3n) is 3.99. The van der Waals surface area contributed by atoms with Gasteiger partial charge in [0.15, 0.2) is 4.77 Å². The van der Waals surface area contributed by atoms with Crippen LogP contribution in [0.1, 0.15) is 17.5 Å². The fourth-order valence-electron chi connectivity index (χ4n) is 3.05. The van der Waals surface area contributed by atoms with Gasteiger partial charge in [0.25, 0.3) is 0 Å². The SMILES string of the molecule is S=c1nc(-c2ccsc2)c2c([nH]1)-c1ccccc1CCC2. The molecule has 0 atom stereocenters. The van der Waals surface area contributed by atoms with Crippen molar-refractivity contribution in [3.63, 3.8) is 0 Å². The third-order valence-corrected chi connectivity index (χ3v) is 4.86. The minimum Gasteiger partial charge on any atom is -0.330 e. The summed E-state index contributed by atoms with van der Waals surface area (Å²) in [6, 6.07) is 10.7. The van der Waals surface area contributed by atoms with Gasteiger partial charge in [-0.1, -0.05) is 24.3 Å². The van der Waals surface area contributed by atoms with Gasteiger partial charge in [0, 0.05) is 22.1 Å². The molecule has 0 fully saturated rings. The highest BCUT2D eigenvalue weighted by molar-refractivity contribution is 7.71. The molecule has 0 unspecified atom stereocenters. The molecule has 2 heterocycles. The molecule has 0 amide bonds. The van der Waals surface area contributed by atoms with E-state index < -0.39 is 0 Å². The average molecular weight is 310 g/mol. The second-order valence-electron chi connectivity index (χ2n) is 5.27. The first-order chi connectivity index (χ1) is 10.3. The summed E-state index contributed by atoms with van der Waals surface area (Å²) in [5.74, 6) is 0. The van der Waals surface area contributed by atoms with Crippen molar-refractivity contribution in [3.8, 4) is 22.5 Å². The van der Waals surface area contributed by atoms with Gasteiger partial charge < -0.3 is 4.98 Å². The normalized spacial score (nSPS) is 13.3. The van der Waals surface area contributed by atoms with Crippen LogP contribution in [-0.4, -0.2) is 9.97 Å². The predicted octanol–water partition coefficient (Wildman–Crippen LogP) is 5.02. The molecule has 0 bridgehead atoms. The van der Waals surface area contributed by atoms with Crippen LogP contribution in [0.5, 0.6) is 0 Å². The molecule has 1 aromatic carbocycles. The zero-order valence-electron chi connectivity index (χ0n) is 11.4. The Morgan fingerprint density at radius 3 is 2.90 bits per heavy atom. The molecule has 2 aromatic heterocycles. The molecule has 4 heteroatoms. The lowest BCUT2D eigenvalue weighted by Crippen LogP contribution is -1.99. The zero-order valence-corrected chi connectivity index (χ0v) is 13.1. The van der Waals surface area contributed by atoms with Gasteiger partial charge in [0.05, 0.1) is 11.4 Å². The van der Waals surface area contributed by atoms with Gasteiger partial charge in [0.2, 0.25) is 0 Å². The van der Waals surface area contributed by atoms with Gasteiger partial charge in [-0.15, -0.1) is 0 Å². The topological polar surface area (TPSA) is 28.7 Å². The number of nitrogens with zero attached hydrogens (tertiary/aromatic N) is 1. The van der Waals surface area contributed by atoms with E-state index in [0.717, 1.165) is 30.7 Å². The molecule has 4 rings (SSSR count). The van der Waals surface area contributed by atoms with Crippen molar-refractivity contribution in [1.82, 2.24) is 9.97 Å². The van der Waals surface area contributed by atoms with Crippen LogP contribution in [0.15, 0.2) is 41.1 Å². The number of thiophene rings is 1. The summed E-state index contributed by atoms with van der Waals surface area (Å²) in [6.45, 7) is 0. The maximum absolute atomic E-state index is 5.37. The first kappa shape index (κ1) is 12.9. The number of hydrogen-bond donors (Lipinski definition) is 1. The van der Waals surface area contributed by atoms with Crippen molar-refractivity contribution in [2.45, 2.75) is 19.3 Å². The van der Waals surface area contributed by atoms with E-state index in [1.54, 1.807) is 11.3 Å². The summed E-state index contributed by atoms with van der Waals surface area (Å²) < 4.78 is 0.562. The quantitative estimate of drug-likeness (QED) is 0.639. The lowest BCUT2D eigenvalue weighted by molar-refractivity contribution is 0.830. The second-order valence-corrected chi connectivity index (χ2v) is 6.43. The van der Waals surface area contributed by atoms with Crippen molar-refractivity contribution >= 4 is 23.6 Å². The van der Waals surface area contributed by atoms with Gasteiger partial charge in [-0.2, -0.15) is 11.3 Å². The Kier molecular flexibility index (Phi) is 3.20. The summed E-state index contributed by atoms with van der Waals surface area (Å²) >= 11 is 7.07. The Labute approximate surface area is 132 Å². The van der Waals surface area contributed by atoms with Crippen LogP contribution in [0.4, 0.5) is 0 Å². The molecule has 104 valence electrons. The Balaban J connectivity index is 2.04. The molecule has 21 heavy (non-hydrogen) atoms. The van der Waals surface area contributed by atoms with Gasteiger partial charge in [-0.25, -0.2) is 4.98 Å². The van der Waals surface area contributed by atoms with E-state index in [-0.39, 0.29) is 0 Å². The number of benzene rings is 1. The molecule has 1 N–H and O–H groups in total. The Morgan fingerprint density at radius 1 is 1.14 bits per heavy atom. The highest BCUT2D eigenvalue weighted by atomic mass is 32.1. The first-order valence-electron chi connectivity index (χ1n) is 7.07. The smallest absolute Gasteiger partial charge is 0.197 e. The average Bonchev–Trinajstić information content (AvgIpc) is 2.96. The van der Waals surface area contributed by atoms with E-state index in [0.29, 0.717) is 4.77 Å². The van der Waals surface area contributed by atoms with Gasteiger partial charge >= 0.3 is 0 Å². The molecular weight excluding hydrogens is 296 g/mol. The van der Waals surface area contributed by atoms with Crippen molar-refractivity contribution in [3.05, 3.63) is 57.0 Å². The molecule has 0 radical (unpaired) electrons. The van der Waals surface area contributed by atoms with Crippen molar-refractivity contribution in [2.75, 3.05) is 0 Å². The Bertz CT molecular complexity index is 847. The lowest BCUT2D eigenvalue weighted by Gasteiger charge is -2.12. The molecule has 1 aliphatic rings. The Hall–Kier alpha value is -1.78. The van der Waals surface area contributed by atoms with E-state index in [9.17, 15) is 0 Å². The maximum Gasteiger partial charge on any atom is 0.197 e. The predicted molar refractivity (Wildman–Crippen MR) is 90.2 cm³/mol. The molecule has 0 saturated heterocycles. The fourth-order valence-corrected chi connectivity index (χ4v) is 3.88.